The molecule has 170 valence electrons. The number of hydrogen-bond acceptors (Lipinski definition) is 7. The average molecular weight is 458 g/mol. The summed E-state index contributed by atoms with van der Waals surface area (Å²) in [4.78, 5) is 23.6. The van der Waals surface area contributed by atoms with Gasteiger partial charge >= 0.3 is 6.03 Å². The minimum Gasteiger partial charge on any atom is -0.377 e. The van der Waals surface area contributed by atoms with Crippen molar-refractivity contribution in [3.63, 3.8) is 0 Å². The molecule has 1 aliphatic carbocycles. The summed E-state index contributed by atoms with van der Waals surface area (Å²) in [7, 11) is -3.30. The molecule has 2 N–H and O–H groups in total. The van der Waals surface area contributed by atoms with Crippen LogP contribution in [0.4, 0.5) is 16.3 Å². The molecule has 0 bridgehead atoms. The molecule has 32 heavy (non-hydrogen) atoms. The second kappa shape index (κ2) is 8.00. The molecule has 9 nitrogen and oxygen atoms in total. The Bertz CT molecular complexity index is 1150. The summed E-state index contributed by atoms with van der Waals surface area (Å²) in [6, 6.07) is 7.44. The van der Waals surface area contributed by atoms with E-state index >= 15 is 0 Å². The van der Waals surface area contributed by atoms with Crippen LogP contribution in [0.15, 0.2) is 24.3 Å². The zero-order valence-corrected chi connectivity index (χ0v) is 19.0. The van der Waals surface area contributed by atoms with Crippen LogP contribution in [0.1, 0.15) is 43.2 Å². The molecule has 1 aromatic heterocycles. The van der Waals surface area contributed by atoms with E-state index < -0.39 is 15.1 Å². The predicted octanol–water partition coefficient (Wildman–Crippen LogP) is 2.64. The fourth-order valence-corrected chi connectivity index (χ4v) is 5.65. The van der Waals surface area contributed by atoms with Gasteiger partial charge in [-0.05, 0) is 51.0 Å². The molecule has 5 rings (SSSR count). The van der Waals surface area contributed by atoms with E-state index in [4.69, 9.17) is 9.72 Å². The molecule has 1 saturated carbocycles. The van der Waals surface area contributed by atoms with Gasteiger partial charge in [0.15, 0.2) is 15.7 Å². The number of fused-ring (bicyclic) bond motifs is 1. The third-order valence-electron chi connectivity index (χ3n) is 6.24. The molecule has 2 amide bonds. The van der Waals surface area contributed by atoms with Gasteiger partial charge in [-0.2, -0.15) is 0 Å². The summed E-state index contributed by atoms with van der Waals surface area (Å²) in [5, 5.41) is 5.08. The van der Waals surface area contributed by atoms with E-state index in [1.54, 1.807) is 19.1 Å². The number of nitrogens with one attached hydrogen (secondary N) is 2. The van der Waals surface area contributed by atoms with Crippen molar-refractivity contribution in [1.29, 1.82) is 0 Å². The Hall–Kier alpha value is -2.72. The number of hydrogen-bond donors (Lipinski definition) is 2. The number of urea groups is 1. The van der Waals surface area contributed by atoms with E-state index in [0.29, 0.717) is 48.3 Å². The molecule has 0 spiro atoms. The van der Waals surface area contributed by atoms with Gasteiger partial charge in [0.1, 0.15) is 5.82 Å². The van der Waals surface area contributed by atoms with E-state index in [-0.39, 0.29) is 23.9 Å². The lowest BCUT2D eigenvalue weighted by molar-refractivity contribution is 0.0984. The number of morpholine rings is 1. The maximum absolute atomic E-state index is 12.7. The first-order valence-corrected chi connectivity index (χ1v) is 12.7. The molecule has 1 aromatic carbocycles. The zero-order valence-electron chi connectivity index (χ0n) is 18.2. The van der Waals surface area contributed by atoms with E-state index in [1.807, 2.05) is 12.1 Å². The average Bonchev–Trinajstić information content (AvgIpc) is 3.53. The highest BCUT2D eigenvalue weighted by Gasteiger charge is 2.40. The van der Waals surface area contributed by atoms with Gasteiger partial charge in [-0.3, -0.25) is 0 Å². The van der Waals surface area contributed by atoms with Crippen molar-refractivity contribution in [2.45, 2.75) is 49.8 Å². The lowest BCUT2D eigenvalue weighted by atomic mass is 10.1. The van der Waals surface area contributed by atoms with Crippen molar-refractivity contribution < 1.29 is 17.9 Å². The van der Waals surface area contributed by atoms with Crippen LogP contribution in [-0.2, 0) is 20.3 Å². The minimum atomic E-state index is -3.30. The summed E-state index contributed by atoms with van der Waals surface area (Å²) < 4.78 is 30.9. The second-order valence-corrected chi connectivity index (χ2v) is 11.1. The Labute approximate surface area is 187 Å². The van der Waals surface area contributed by atoms with E-state index in [1.165, 1.54) is 0 Å². The van der Waals surface area contributed by atoms with Crippen LogP contribution >= 0.6 is 0 Å². The number of benzene rings is 1. The highest BCUT2D eigenvalue weighted by molar-refractivity contribution is 7.91. The highest BCUT2D eigenvalue weighted by Crippen LogP contribution is 2.42. The first kappa shape index (κ1) is 21.1. The summed E-state index contributed by atoms with van der Waals surface area (Å²) in [6.45, 7) is 5.55. The molecule has 2 fully saturated rings. The van der Waals surface area contributed by atoms with Crippen molar-refractivity contribution in [3.05, 3.63) is 35.5 Å². The number of sulfone groups is 1. The van der Waals surface area contributed by atoms with Crippen molar-refractivity contribution in [2.24, 2.45) is 0 Å². The monoisotopic (exact) mass is 457 g/mol. The Morgan fingerprint density at radius 2 is 1.91 bits per heavy atom. The molecule has 10 heteroatoms. The minimum absolute atomic E-state index is 0.0777. The van der Waals surface area contributed by atoms with Crippen molar-refractivity contribution >= 4 is 27.4 Å². The van der Waals surface area contributed by atoms with Gasteiger partial charge in [-0.15, -0.1) is 0 Å². The van der Waals surface area contributed by atoms with Gasteiger partial charge in [0.2, 0.25) is 0 Å². The normalized spacial score (nSPS) is 24.1. The number of anilines is 2. The molecule has 2 atom stereocenters. The van der Waals surface area contributed by atoms with Crippen LogP contribution in [0, 0.1) is 0 Å². The molecule has 0 radical (unpaired) electrons. The van der Waals surface area contributed by atoms with Gasteiger partial charge in [0.25, 0.3) is 0 Å². The lowest BCUT2D eigenvalue weighted by Crippen LogP contribution is -2.44. The zero-order chi connectivity index (χ0) is 22.5. The van der Waals surface area contributed by atoms with Gasteiger partial charge in [-0.1, -0.05) is 0 Å². The topological polar surface area (TPSA) is 114 Å². The van der Waals surface area contributed by atoms with Crippen molar-refractivity contribution in [2.75, 3.05) is 30.0 Å². The lowest BCUT2D eigenvalue weighted by Gasteiger charge is -2.35. The molecule has 2 aliphatic heterocycles. The Morgan fingerprint density at radius 1 is 1.16 bits per heavy atom. The summed E-state index contributed by atoms with van der Waals surface area (Å²) >= 11 is 0. The van der Waals surface area contributed by atoms with Gasteiger partial charge in [0.05, 0.1) is 36.0 Å². The first-order chi connectivity index (χ1) is 15.3. The standard InChI is InChI=1S/C22H27N5O4S/c1-13-11-31-10-9-27(13)21-19-14(2)32(29,30)12-18(19)25-20(26-21)15-3-5-16(6-4-15)23-22(28)24-17-7-8-17/h3-6,13-14,17H,7-12H2,1-2H3,(H2,23,24,28)/t13-,14?/m1/s1. The van der Waals surface area contributed by atoms with Crippen LogP contribution in [0.3, 0.4) is 0 Å². The SMILES string of the molecule is CC1c2c(nc(-c3ccc(NC(=O)NC4CC4)cc3)nc2N2CCOC[C@H]2C)CS1(=O)=O. The van der Waals surface area contributed by atoms with Crippen LogP contribution in [0.25, 0.3) is 11.4 Å². The smallest absolute Gasteiger partial charge is 0.319 e. The molecule has 1 saturated heterocycles. The van der Waals surface area contributed by atoms with E-state index in [0.717, 1.165) is 18.4 Å². The number of carbonyl (C=O) groups excluding carboxylic acids is 1. The second-order valence-electron chi connectivity index (χ2n) is 8.75. The highest BCUT2D eigenvalue weighted by atomic mass is 32.2. The maximum atomic E-state index is 12.7. The molecule has 1 unspecified atom stereocenters. The molecule has 2 aromatic rings. The summed E-state index contributed by atoms with van der Waals surface area (Å²) in [5.41, 5.74) is 2.71. The van der Waals surface area contributed by atoms with E-state index in [2.05, 4.69) is 27.4 Å². The number of carbonyl (C=O) groups is 1. The Morgan fingerprint density at radius 3 is 2.59 bits per heavy atom. The summed E-state index contributed by atoms with van der Waals surface area (Å²) in [5.74, 6) is 1.09. The third kappa shape index (κ3) is 4.04. The van der Waals surface area contributed by atoms with Crippen LogP contribution < -0.4 is 15.5 Å². The predicted molar refractivity (Wildman–Crippen MR) is 121 cm³/mol. The van der Waals surface area contributed by atoms with Crippen molar-refractivity contribution in [3.8, 4) is 11.4 Å². The van der Waals surface area contributed by atoms with Crippen LogP contribution in [-0.4, -0.2) is 56.3 Å². The molecule has 3 aliphatic rings. The summed E-state index contributed by atoms with van der Waals surface area (Å²) in [6.07, 6.45) is 2.06. The molecular weight excluding hydrogens is 430 g/mol. The van der Waals surface area contributed by atoms with Crippen LogP contribution in [0.2, 0.25) is 0 Å². The fourth-order valence-electron chi connectivity index (χ4n) is 4.20. The first-order valence-electron chi connectivity index (χ1n) is 11.0. The third-order valence-corrected chi connectivity index (χ3v) is 8.23. The molecular formula is C22H27N5O4S. The number of amides is 2. The van der Waals surface area contributed by atoms with Gasteiger partial charge in [0, 0.05) is 29.4 Å². The number of aromatic nitrogens is 2. The van der Waals surface area contributed by atoms with Gasteiger partial charge in [-0.25, -0.2) is 23.2 Å². The van der Waals surface area contributed by atoms with E-state index in [9.17, 15) is 13.2 Å². The van der Waals surface area contributed by atoms with Crippen molar-refractivity contribution in [1.82, 2.24) is 15.3 Å². The quantitative estimate of drug-likeness (QED) is 0.725. The van der Waals surface area contributed by atoms with Crippen LogP contribution in [0.5, 0.6) is 0 Å². The Balaban J connectivity index is 1.48. The maximum Gasteiger partial charge on any atom is 0.319 e. The number of ether oxygens (including phenoxy) is 1. The Kier molecular flexibility index (Phi) is 5.29. The fraction of sp³-hybridized carbons (Fsp3) is 0.500. The molecule has 3 heterocycles. The largest absolute Gasteiger partial charge is 0.377 e. The van der Waals surface area contributed by atoms with Gasteiger partial charge < -0.3 is 20.3 Å². The number of rotatable bonds is 4. The number of nitrogens with zero attached hydrogens (tertiary/aromatic N) is 3.